The fourth-order valence-corrected chi connectivity index (χ4v) is 4.71. The van der Waals surface area contributed by atoms with E-state index in [1.54, 1.807) is 12.1 Å². The first-order valence-corrected chi connectivity index (χ1v) is 9.67. The minimum atomic E-state index is -0.193. The third kappa shape index (κ3) is 3.49. The Morgan fingerprint density at radius 3 is 2.36 bits per heavy atom. The summed E-state index contributed by atoms with van der Waals surface area (Å²) in [7, 11) is 0. The molecule has 1 atom stereocenters. The van der Waals surface area contributed by atoms with Crippen molar-refractivity contribution in [1.82, 2.24) is 0 Å². The molecule has 1 unspecified atom stereocenters. The van der Waals surface area contributed by atoms with Gasteiger partial charge in [-0.15, -0.1) is 0 Å². The second-order valence-corrected chi connectivity index (χ2v) is 8.09. The average Bonchev–Trinajstić information content (AvgIpc) is 2.61. The lowest BCUT2D eigenvalue weighted by Gasteiger charge is -2.28. The Bertz CT molecular complexity index is 757. The largest absolute Gasteiger partial charge is 0.207 e. The van der Waals surface area contributed by atoms with Crippen LogP contribution in [0.4, 0.5) is 8.78 Å². The molecule has 0 amide bonds. The van der Waals surface area contributed by atoms with Crippen molar-refractivity contribution in [3.05, 3.63) is 70.3 Å². The van der Waals surface area contributed by atoms with Crippen molar-refractivity contribution in [1.29, 1.82) is 0 Å². The van der Waals surface area contributed by atoms with E-state index in [1.807, 2.05) is 12.1 Å². The van der Waals surface area contributed by atoms with Crippen LogP contribution in [0.2, 0.25) is 0 Å². The second kappa shape index (κ2) is 6.90. The Balaban J connectivity index is 1.53. The fraction of sp³-hybridized carbons (Fsp3) is 0.478. The summed E-state index contributed by atoms with van der Waals surface area (Å²) >= 11 is 0. The summed E-state index contributed by atoms with van der Waals surface area (Å²) in [5, 5.41) is 0. The Morgan fingerprint density at radius 1 is 0.800 bits per heavy atom. The highest BCUT2D eigenvalue weighted by atomic mass is 19.1. The highest BCUT2D eigenvalue weighted by Gasteiger charge is 2.25. The van der Waals surface area contributed by atoms with Crippen molar-refractivity contribution >= 4 is 0 Å². The quantitative estimate of drug-likeness (QED) is 0.583. The fourth-order valence-electron chi connectivity index (χ4n) is 4.71. The zero-order valence-electron chi connectivity index (χ0n) is 14.9. The van der Waals surface area contributed by atoms with Crippen LogP contribution in [0.5, 0.6) is 0 Å². The normalized spacial score (nSPS) is 26.3. The van der Waals surface area contributed by atoms with Crippen molar-refractivity contribution in [2.75, 3.05) is 0 Å². The van der Waals surface area contributed by atoms with Gasteiger partial charge in [0.05, 0.1) is 0 Å². The van der Waals surface area contributed by atoms with Gasteiger partial charge in [-0.1, -0.05) is 38.0 Å². The van der Waals surface area contributed by atoms with E-state index < -0.39 is 0 Å². The predicted octanol–water partition coefficient (Wildman–Crippen LogP) is 6.53. The van der Waals surface area contributed by atoms with E-state index in [2.05, 4.69) is 13.0 Å². The molecule has 0 heterocycles. The highest BCUT2D eigenvalue weighted by molar-refractivity contribution is 5.36. The molecule has 25 heavy (non-hydrogen) atoms. The van der Waals surface area contributed by atoms with E-state index in [4.69, 9.17) is 0 Å². The summed E-state index contributed by atoms with van der Waals surface area (Å²) in [6, 6.07) is 10.9. The maximum absolute atomic E-state index is 14.8. The molecule has 2 heteroatoms. The molecule has 0 nitrogen and oxygen atoms in total. The molecule has 0 saturated heterocycles. The zero-order valence-corrected chi connectivity index (χ0v) is 14.9. The van der Waals surface area contributed by atoms with Gasteiger partial charge in [0.1, 0.15) is 11.6 Å². The lowest BCUT2D eigenvalue weighted by atomic mass is 9.77. The van der Waals surface area contributed by atoms with Gasteiger partial charge in [0.2, 0.25) is 0 Å². The molecule has 2 aliphatic rings. The van der Waals surface area contributed by atoms with Gasteiger partial charge in [-0.05, 0) is 90.3 Å². The van der Waals surface area contributed by atoms with Gasteiger partial charge in [0, 0.05) is 0 Å². The maximum Gasteiger partial charge on any atom is 0.126 e. The van der Waals surface area contributed by atoms with Crippen molar-refractivity contribution in [3.8, 4) is 0 Å². The number of halogens is 2. The van der Waals surface area contributed by atoms with Gasteiger partial charge in [-0.3, -0.25) is 0 Å². The van der Waals surface area contributed by atoms with E-state index in [1.165, 1.54) is 37.3 Å². The van der Waals surface area contributed by atoms with E-state index in [0.29, 0.717) is 5.92 Å². The van der Waals surface area contributed by atoms with Crippen LogP contribution in [0.3, 0.4) is 0 Å². The summed E-state index contributed by atoms with van der Waals surface area (Å²) < 4.78 is 28.4. The molecule has 0 bridgehead atoms. The number of hydrogen-bond acceptors (Lipinski definition) is 0. The first kappa shape index (κ1) is 16.8. The van der Waals surface area contributed by atoms with Gasteiger partial charge < -0.3 is 0 Å². The van der Waals surface area contributed by atoms with Crippen LogP contribution in [-0.2, 0) is 12.8 Å². The number of aryl methyl sites for hydroxylation is 1. The zero-order chi connectivity index (χ0) is 17.4. The van der Waals surface area contributed by atoms with Crippen molar-refractivity contribution < 1.29 is 8.78 Å². The van der Waals surface area contributed by atoms with Crippen LogP contribution in [0.25, 0.3) is 0 Å². The molecule has 0 radical (unpaired) electrons. The first-order valence-electron chi connectivity index (χ1n) is 9.67. The molecule has 2 aromatic carbocycles. The lowest BCUT2D eigenvalue weighted by molar-refractivity contribution is 0.347. The SMILES string of the molecule is CC1CCC(c2ccc(C3CCc4ccc(F)cc4C3)c(F)c2)CC1. The van der Waals surface area contributed by atoms with E-state index in [9.17, 15) is 8.78 Å². The molecule has 1 fully saturated rings. The molecule has 4 rings (SSSR count). The smallest absolute Gasteiger partial charge is 0.126 e. The van der Waals surface area contributed by atoms with Gasteiger partial charge in [0.15, 0.2) is 0 Å². The van der Waals surface area contributed by atoms with Crippen molar-refractivity contribution in [2.45, 2.75) is 63.7 Å². The highest BCUT2D eigenvalue weighted by Crippen LogP contribution is 2.38. The van der Waals surface area contributed by atoms with Crippen LogP contribution in [-0.4, -0.2) is 0 Å². The molecule has 0 aromatic heterocycles. The van der Waals surface area contributed by atoms with Crippen LogP contribution >= 0.6 is 0 Å². The van der Waals surface area contributed by atoms with E-state index >= 15 is 0 Å². The minimum absolute atomic E-state index is 0.0685. The Morgan fingerprint density at radius 2 is 1.60 bits per heavy atom. The molecular weight excluding hydrogens is 314 g/mol. The molecule has 0 spiro atoms. The third-order valence-corrected chi connectivity index (χ3v) is 6.35. The Labute approximate surface area is 149 Å². The first-order chi connectivity index (χ1) is 12.1. The summed E-state index contributed by atoms with van der Waals surface area (Å²) in [4.78, 5) is 0. The summed E-state index contributed by atoms with van der Waals surface area (Å²) in [6.07, 6.45) is 7.44. The third-order valence-electron chi connectivity index (χ3n) is 6.35. The monoisotopic (exact) mass is 340 g/mol. The lowest BCUT2D eigenvalue weighted by Crippen LogP contribution is -2.15. The van der Waals surface area contributed by atoms with Crippen LogP contribution in [0, 0.1) is 17.6 Å². The van der Waals surface area contributed by atoms with E-state index in [-0.39, 0.29) is 17.6 Å². The minimum Gasteiger partial charge on any atom is -0.207 e. The standard InChI is InChI=1S/C23H26F2/c1-15-2-4-16(5-3-15)18-9-11-22(23(25)14-18)19-7-6-17-8-10-21(24)13-20(17)12-19/h8-11,13-16,19H,2-7,12H2,1H3. The topological polar surface area (TPSA) is 0 Å². The van der Waals surface area contributed by atoms with Crippen molar-refractivity contribution in [3.63, 3.8) is 0 Å². The number of hydrogen-bond donors (Lipinski definition) is 0. The molecule has 2 aliphatic carbocycles. The average molecular weight is 340 g/mol. The predicted molar refractivity (Wildman–Crippen MR) is 97.9 cm³/mol. The maximum atomic E-state index is 14.8. The molecule has 0 N–H and O–H groups in total. The van der Waals surface area contributed by atoms with Gasteiger partial charge in [0.25, 0.3) is 0 Å². The number of benzene rings is 2. The van der Waals surface area contributed by atoms with Gasteiger partial charge >= 0.3 is 0 Å². The van der Waals surface area contributed by atoms with Crippen LogP contribution < -0.4 is 0 Å². The summed E-state index contributed by atoms with van der Waals surface area (Å²) in [5.74, 6) is 1.22. The molecule has 1 saturated carbocycles. The molecule has 0 aliphatic heterocycles. The summed E-state index contributed by atoms with van der Waals surface area (Å²) in [5.41, 5.74) is 4.23. The number of rotatable bonds is 2. The Hall–Kier alpha value is -1.70. The van der Waals surface area contributed by atoms with E-state index in [0.717, 1.165) is 41.9 Å². The van der Waals surface area contributed by atoms with Gasteiger partial charge in [-0.25, -0.2) is 8.78 Å². The Kier molecular flexibility index (Phi) is 4.62. The van der Waals surface area contributed by atoms with Gasteiger partial charge in [-0.2, -0.15) is 0 Å². The second-order valence-electron chi connectivity index (χ2n) is 8.09. The molecule has 2 aromatic rings. The van der Waals surface area contributed by atoms with Crippen LogP contribution in [0.1, 0.15) is 73.1 Å². The summed E-state index contributed by atoms with van der Waals surface area (Å²) in [6.45, 7) is 2.31. The van der Waals surface area contributed by atoms with Crippen molar-refractivity contribution in [2.24, 2.45) is 5.92 Å². The molecular formula is C23H26F2. The van der Waals surface area contributed by atoms with Crippen LogP contribution in [0.15, 0.2) is 36.4 Å². The number of fused-ring (bicyclic) bond motifs is 1. The molecule has 132 valence electrons.